The first kappa shape index (κ1) is 16.1. The van der Waals surface area contributed by atoms with Crippen LogP contribution in [0.3, 0.4) is 0 Å². The first-order valence-corrected chi connectivity index (χ1v) is 7.59. The SMILES string of the molecule is CN1C=C(OCc2ccccn2)N(c2c(Cl)cccc2[N+](=O)[O-])C1. The Morgan fingerprint density at radius 2 is 2.17 bits per heavy atom. The highest BCUT2D eigenvalue weighted by atomic mass is 35.5. The van der Waals surface area contributed by atoms with Gasteiger partial charge in [0.15, 0.2) is 0 Å². The summed E-state index contributed by atoms with van der Waals surface area (Å²) < 4.78 is 5.82. The highest BCUT2D eigenvalue weighted by Gasteiger charge is 2.30. The van der Waals surface area contributed by atoms with Crippen LogP contribution in [-0.2, 0) is 11.3 Å². The summed E-state index contributed by atoms with van der Waals surface area (Å²) in [5.74, 6) is 0.486. The summed E-state index contributed by atoms with van der Waals surface area (Å²) >= 11 is 6.22. The van der Waals surface area contributed by atoms with Crippen LogP contribution in [0.15, 0.2) is 54.7 Å². The molecule has 3 rings (SSSR count). The molecule has 1 aliphatic heterocycles. The van der Waals surface area contributed by atoms with Crippen molar-refractivity contribution in [3.05, 3.63) is 75.5 Å². The van der Waals surface area contributed by atoms with Gasteiger partial charge in [-0.25, -0.2) is 0 Å². The summed E-state index contributed by atoms with van der Waals surface area (Å²) in [7, 11) is 1.85. The number of pyridine rings is 1. The number of nitro benzene ring substituents is 1. The standard InChI is InChI=1S/C16H15ClN4O3/c1-19-9-15(24-10-12-5-2-3-8-18-12)20(11-19)16-13(17)6-4-7-14(16)21(22)23/h2-9H,10-11H2,1H3. The Morgan fingerprint density at radius 1 is 1.33 bits per heavy atom. The Labute approximate surface area is 143 Å². The first-order chi connectivity index (χ1) is 11.6. The molecular formula is C16H15ClN4O3. The molecular weight excluding hydrogens is 332 g/mol. The van der Waals surface area contributed by atoms with Crippen molar-refractivity contribution in [2.75, 3.05) is 18.6 Å². The van der Waals surface area contributed by atoms with Crippen molar-refractivity contribution in [1.29, 1.82) is 0 Å². The number of hydrogen-bond donors (Lipinski definition) is 0. The molecule has 0 amide bonds. The number of rotatable bonds is 5. The summed E-state index contributed by atoms with van der Waals surface area (Å²) in [5.41, 5.74) is 1.02. The molecule has 24 heavy (non-hydrogen) atoms. The second kappa shape index (κ2) is 6.76. The molecule has 0 radical (unpaired) electrons. The maximum atomic E-state index is 11.3. The normalized spacial score (nSPS) is 13.8. The van der Waals surface area contributed by atoms with Crippen LogP contribution < -0.4 is 4.90 Å². The van der Waals surface area contributed by atoms with Gasteiger partial charge in [0, 0.05) is 19.3 Å². The fourth-order valence-electron chi connectivity index (χ4n) is 2.44. The number of para-hydroxylation sites is 1. The fraction of sp³-hybridized carbons (Fsp3) is 0.188. The maximum Gasteiger partial charge on any atom is 0.294 e. The van der Waals surface area contributed by atoms with E-state index in [4.69, 9.17) is 16.3 Å². The van der Waals surface area contributed by atoms with E-state index in [1.165, 1.54) is 6.07 Å². The van der Waals surface area contributed by atoms with Gasteiger partial charge in [-0.1, -0.05) is 23.7 Å². The minimum Gasteiger partial charge on any atom is -0.471 e. The third-order valence-electron chi connectivity index (χ3n) is 3.49. The average Bonchev–Trinajstić information content (AvgIpc) is 2.94. The minimum atomic E-state index is -0.449. The van der Waals surface area contributed by atoms with Gasteiger partial charge in [0.1, 0.15) is 12.3 Å². The van der Waals surface area contributed by atoms with Gasteiger partial charge in [-0.05, 0) is 18.2 Å². The molecule has 124 valence electrons. The van der Waals surface area contributed by atoms with Gasteiger partial charge in [-0.2, -0.15) is 0 Å². The van der Waals surface area contributed by atoms with Crippen molar-refractivity contribution < 1.29 is 9.66 Å². The van der Waals surface area contributed by atoms with E-state index in [1.807, 2.05) is 30.1 Å². The molecule has 0 saturated carbocycles. The molecule has 1 aromatic heterocycles. The predicted octanol–water partition coefficient (Wildman–Crippen LogP) is 3.37. The molecule has 0 unspecified atom stereocenters. The zero-order valence-electron chi connectivity index (χ0n) is 12.9. The van der Waals surface area contributed by atoms with Crippen molar-refractivity contribution in [3.63, 3.8) is 0 Å². The van der Waals surface area contributed by atoms with E-state index in [2.05, 4.69) is 4.98 Å². The average molecular weight is 347 g/mol. The van der Waals surface area contributed by atoms with Gasteiger partial charge >= 0.3 is 0 Å². The predicted molar refractivity (Wildman–Crippen MR) is 90.3 cm³/mol. The van der Waals surface area contributed by atoms with Crippen molar-refractivity contribution in [2.45, 2.75) is 6.61 Å². The number of nitro groups is 1. The summed E-state index contributed by atoms with van der Waals surface area (Å²) in [6, 6.07) is 10.2. The monoisotopic (exact) mass is 346 g/mol. The summed E-state index contributed by atoms with van der Waals surface area (Å²) in [6.07, 6.45) is 3.46. The smallest absolute Gasteiger partial charge is 0.294 e. The van der Waals surface area contributed by atoms with Crippen LogP contribution in [0.2, 0.25) is 5.02 Å². The molecule has 0 saturated heterocycles. The number of benzene rings is 1. The number of anilines is 1. The van der Waals surface area contributed by atoms with E-state index in [0.29, 0.717) is 23.3 Å². The molecule has 0 atom stereocenters. The molecule has 1 aliphatic rings. The second-order valence-electron chi connectivity index (χ2n) is 5.27. The van der Waals surface area contributed by atoms with E-state index < -0.39 is 4.92 Å². The first-order valence-electron chi connectivity index (χ1n) is 7.21. The Hall–Kier alpha value is -2.80. The van der Waals surface area contributed by atoms with Gasteiger partial charge in [-0.15, -0.1) is 0 Å². The van der Waals surface area contributed by atoms with E-state index in [-0.39, 0.29) is 12.3 Å². The minimum absolute atomic E-state index is 0.0647. The van der Waals surface area contributed by atoms with Crippen LogP contribution in [0.1, 0.15) is 5.69 Å². The molecule has 2 heterocycles. The van der Waals surface area contributed by atoms with Crippen LogP contribution in [0.4, 0.5) is 11.4 Å². The molecule has 2 aromatic rings. The van der Waals surface area contributed by atoms with Crippen LogP contribution in [0.5, 0.6) is 0 Å². The van der Waals surface area contributed by atoms with E-state index in [0.717, 1.165) is 5.69 Å². The Balaban J connectivity index is 1.88. The number of ether oxygens (including phenoxy) is 1. The summed E-state index contributed by atoms with van der Waals surface area (Å²) in [5, 5.41) is 11.6. The summed E-state index contributed by atoms with van der Waals surface area (Å²) in [6.45, 7) is 0.664. The van der Waals surface area contributed by atoms with Crippen molar-refractivity contribution >= 4 is 23.0 Å². The lowest BCUT2D eigenvalue weighted by atomic mass is 10.2. The third-order valence-corrected chi connectivity index (χ3v) is 3.79. The topological polar surface area (TPSA) is 71.7 Å². The fourth-order valence-corrected chi connectivity index (χ4v) is 2.71. The molecule has 0 fully saturated rings. The zero-order chi connectivity index (χ0) is 17.1. The summed E-state index contributed by atoms with van der Waals surface area (Å²) in [4.78, 5) is 18.6. The number of aromatic nitrogens is 1. The van der Waals surface area contributed by atoms with Crippen molar-refractivity contribution in [1.82, 2.24) is 9.88 Å². The lowest BCUT2D eigenvalue weighted by molar-refractivity contribution is -0.384. The largest absolute Gasteiger partial charge is 0.471 e. The number of nitrogens with zero attached hydrogens (tertiary/aromatic N) is 4. The molecule has 0 aliphatic carbocycles. The highest BCUT2D eigenvalue weighted by Crippen LogP contribution is 2.39. The van der Waals surface area contributed by atoms with E-state index >= 15 is 0 Å². The van der Waals surface area contributed by atoms with Crippen LogP contribution in [0.25, 0.3) is 0 Å². The lowest BCUT2D eigenvalue weighted by Gasteiger charge is -2.23. The molecule has 0 spiro atoms. The number of halogens is 1. The number of hydrogen-bond acceptors (Lipinski definition) is 6. The van der Waals surface area contributed by atoms with Gasteiger partial charge in [0.2, 0.25) is 5.88 Å². The zero-order valence-corrected chi connectivity index (χ0v) is 13.7. The van der Waals surface area contributed by atoms with Crippen LogP contribution in [0, 0.1) is 10.1 Å². The molecule has 1 aromatic carbocycles. The molecule has 0 N–H and O–H groups in total. The third kappa shape index (κ3) is 3.26. The highest BCUT2D eigenvalue weighted by molar-refractivity contribution is 6.33. The van der Waals surface area contributed by atoms with E-state index in [9.17, 15) is 10.1 Å². The Bertz CT molecular complexity index is 782. The Morgan fingerprint density at radius 3 is 2.88 bits per heavy atom. The maximum absolute atomic E-state index is 11.3. The lowest BCUT2D eigenvalue weighted by Crippen LogP contribution is -2.26. The van der Waals surface area contributed by atoms with Gasteiger partial charge in [0.05, 0.1) is 28.5 Å². The molecule has 7 nitrogen and oxygen atoms in total. The Kier molecular flexibility index (Phi) is 4.52. The van der Waals surface area contributed by atoms with Gasteiger partial charge in [0.25, 0.3) is 5.69 Å². The second-order valence-corrected chi connectivity index (χ2v) is 5.68. The van der Waals surface area contributed by atoms with Crippen molar-refractivity contribution in [2.24, 2.45) is 0 Å². The molecule has 8 heteroatoms. The molecule has 0 bridgehead atoms. The van der Waals surface area contributed by atoms with Gasteiger partial charge in [-0.3, -0.25) is 20.0 Å². The van der Waals surface area contributed by atoms with E-state index in [1.54, 1.807) is 29.4 Å². The quantitative estimate of drug-likeness (QED) is 0.610. The van der Waals surface area contributed by atoms with Crippen LogP contribution >= 0.6 is 11.6 Å². The van der Waals surface area contributed by atoms with Crippen molar-refractivity contribution in [3.8, 4) is 0 Å². The van der Waals surface area contributed by atoms with Gasteiger partial charge < -0.3 is 9.64 Å². The van der Waals surface area contributed by atoms with Crippen LogP contribution in [-0.4, -0.2) is 28.5 Å².